The molecule has 0 radical (unpaired) electrons. The van der Waals surface area contributed by atoms with Crippen molar-refractivity contribution in [1.29, 1.82) is 0 Å². The Balaban J connectivity index is 2.61. The van der Waals surface area contributed by atoms with E-state index in [9.17, 15) is 8.42 Å². The van der Waals surface area contributed by atoms with Gasteiger partial charge in [-0.25, -0.2) is 28.5 Å². The van der Waals surface area contributed by atoms with Crippen LogP contribution in [0.1, 0.15) is 11.6 Å². The highest BCUT2D eigenvalue weighted by molar-refractivity contribution is 7.89. The molecule has 13 heteroatoms. The summed E-state index contributed by atoms with van der Waals surface area (Å²) >= 11 is 34.7. The van der Waals surface area contributed by atoms with Crippen LogP contribution in [-0.4, -0.2) is 23.4 Å². The van der Waals surface area contributed by atoms with E-state index in [0.717, 1.165) is 0 Å². The van der Waals surface area contributed by atoms with Gasteiger partial charge in [0.1, 0.15) is 0 Å². The van der Waals surface area contributed by atoms with Crippen LogP contribution in [0.15, 0.2) is 29.2 Å². The molecule has 0 saturated carbocycles. The summed E-state index contributed by atoms with van der Waals surface area (Å²) in [6.45, 7) is 0. The summed E-state index contributed by atoms with van der Waals surface area (Å²) < 4.78 is 18.6. The van der Waals surface area contributed by atoms with Gasteiger partial charge in [0.05, 0.1) is 4.90 Å². The molecule has 2 N–H and O–H groups in total. The Bertz CT molecular complexity index is 829. The molecule has 6 nitrogen and oxygen atoms in total. The maximum atomic E-state index is 11.3. The molecule has 24 heavy (non-hydrogen) atoms. The highest BCUT2D eigenvalue weighted by atomic mass is 35.6. The first-order valence-corrected chi connectivity index (χ1v) is 9.63. The number of hydrogen-bond acceptors (Lipinski definition) is 5. The highest BCUT2D eigenvalue weighted by Crippen LogP contribution is 2.40. The van der Waals surface area contributed by atoms with E-state index in [2.05, 4.69) is 15.0 Å². The first-order valence-electron chi connectivity index (χ1n) is 5.82. The van der Waals surface area contributed by atoms with Crippen molar-refractivity contribution in [3.8, 4) is 11.4 Å². The van der Waals surface area contributed by atoms with Crippen molar-refractivity contribution in [3.05, 3.63) is 35.9 Å². The molecule has 0 unspecified atom stereocenters. The summed E-state index contributed by atoms with van der Waals surface area (Å²) in [5.41, 5.74) is 0.371. The lowest BCUT2D eigenvalue weighted by molar-refractivity contribution is 0.598. The third-order valence-electron chi connectivity index (χ3n) is 2.58. The van der Waals surface area contributed by atoms with Crippen LogP contribution >= 0.6 is 69.6 Å². The smallest absolute Gasteiger partial charge is 0.225 e. The Hall–Kier alpha value is -0.120. The summed E-state index contributed by atoms with van der Waals surface area (Å²) in [6, 6.07) is 5.33. The lowest BCUT2D eigenvalue weighted by Gasteiger charge is -2.15. The quantitative estimate of drug-likeness (QED) is 0.672. The molecule has 130 valence electrons. The Morgan fingerprint density at radius 2 is 1.21 bits per heavy atom. The molecule has 0 aliphatic rings. The van der Waals surface area contributed by atoms with Gasteiger partial charge in [0.15, 0.2) is 17.5 Å². The second-order valence-electron chi connectivity index (χ2n) is 4.37. The third kappa shape index (κ3) is 4.95. The van der Waals surface area contributed by atoms with E-state index in [1.54, 1.807) is 0 Å². The van der Waals surface area contributed by atoms with Gasteiger partial charge >= 0.3 is 0 Å². The number of primary sulfonamides is 1. The molecule has 1 heterocycles. The molecule has 0 spiro atoms. The Morgan fingerprint density at radius 3 is 1.54 bits per heavy atom. The number of alkyl halides is 6. The molecule has 0 atom stereocenters. The fourth-order valence-electron chi connectivity index (χ4n) is 1.55. The molecule has 1 aromatic heterocycles. The number of sulfonamides is 1. The lowest BCUT2D eigenvalue weighted by Crippen LogP contribution is -2.17. The minimum atomic E-state index is -3.84. The average Bonchev–Trinajstić information content (AvgIpc) is 2.44. The number of nitrogens with two attached hydrogens (primary N) is 1. The third-order valence-corrected chi connectivity index (χ3v) is 4.53. The van der Waals surface area contributed by atoms with Crippen molar-refractivity contribution in [2.45, 2.75) is 12.5 Å². The number of halogens is 6. The summed E-state index contributed by atoms with van der Waals surface area (Å²) in [5, 5.41) is 5.03. The van der Waals surface area contributed by atoms with Crippen molar-refractivity contribution in [1.82, 2.24) is 15.0 Å². The lowest BCUT2D eigenvalue weighted by atomic mass is 10.2. The molecule has 1 aromatic carbocycles. The molecule has 2 rings (SSSR count). The maximum Gasteiger partial charge on any atom is 0.250 e. The molecule has 2 aromatic rings. The summed E-state index contributed by atoms with van der Waals surface area (Å²) in [6.07, 6.45) is 0. The Labute approximate surface area is 167 Å². The van der Waals surface area contributed by atoms with E-state index >= 15 is 0 Å². The fourth-order valence-corrected chi connectivity index (χ4v) is 2.57. The number of aromatic nitrogens is 3. The van der Waals surface area contributed by atoms with E-state index in [0.29, 0.717) is 5.56 Å². The highest BCUT2D eigenvalue weighted by Gasteiger charge is 2.34. The van der Waals surface area contributed by atoms with E-state index in [1.165, 1.54) is 24.3 Å². The van der Waals surface area contributed by atoms with Gasteiger partial charge in [-0.15, -0.1) is 0 Å². The van der Waals surface area contributed by atoms with E-state index in [-0.39, 0.29) is 22.4 Å². The van der Waals surface area contributed by atoms with Crippen molar-refractivity contribution in [2.24, 2.45) is 5.14 Å². The SMILES string of the molecule is NS(=O)(=O)c1ccc(-c2nc(C(Cl)(Cl)Cl)nc(C(Cl)(Cl)Cl)n2)cc1. The number of hydrogen-bond donors (Lipinski definition) is 1. The molecule has 0 fully saturated rings. The number of rotatable bonds is 2. The van der Waals surface area contributed by atoms with Gasteiger partial charge in [0.25, 0.3) is 0 Å². The summed E-state index contributed by atoms with van der Waals surface area (Å²) in [7, 11) is -3.84. The van der Waals surface area contributed by atoms with Crippen LogP contribution in [0.4, 0.5) is 0 Å². The van der Waals surface area contributed by atoms with Crippen LogP contribution < -0.4 is 5.14 Å². The fraction of sp³-hybridized carbons (Fsp3) is 0.182. The molecule has 0 bridgehead atoms. The van der Waals surface area contributed by atoms with Crippen LogP contribution in [0, 0.1) is 0 Å². The molecule has 0 aliphatic heterocycles. The zero-order valence-corrected chi connectivity index (χ0v) is 16.6. The van der Waals surface area contributed by atoms with Crippen molar-refractivity contribution >= 4 is 79.6 Å². The monoisotopic (exact) mass is 468 g/mol. The first-order chi connectivity index (χ1) is 10.8. The van der Waals surface area contributed by atoms with E-state index < -0.39 is 17.6 Å². The molecular formula is C11H6Cl6N4O2S. The summed E-state index contributed by atoms with van der Waals surface area (Å²) in [5.74, 6) is -0.489. The zero-order chi connectivity index (χ0) is 18.3. The topological polar surface area (TPSA) is 98.8 Å². The van der Waals surface area contributed by atoms with Crippen molar-refractivity contribution in [2.75, 3.05) is 0 Å². The predicted octanol–water partition coefficient (Wildman–Crippen LogP) is 3.84. The van der Waals surface area contributed by atoms with Crippen molar-refractivity contribution < 1.29 is 8.42 Å². The minimum absolute atomic E-state index is 0.0219. The molecule has 0 aliphatic carbocycles. The van der Waals surface area contributed by atoms with Gasteiger partial charge in [0, 0.05) is 5.56 Å². The van der Waals surface area contributed by atoms with Crippen LogP contribution in [0.3, 0.4) is 0 Å². The van der Waals surface area contributed by atoms with E-state index in [4.69, 9.17) is 74.7 Å². The second kappa shape index (κ2) is 6.89. The van der Waals surface area contributed by atoms with Crippen LogP contribution in [0.2, 0.25) is 0 Å². The second-order valence-corrected chi connectivity index (χ2v) is 10.5. The van der Waals surface area contributed by atoms with Crippen LogP contribution in [0.25, 0.3) is 11.4 Å². The predicted molar refractivity (Wildman–Crippen MR) is 95.1 cm³/mol. The van der Waals surface area contributed by atoms with Gasteiger partial charge in [-0.05, 0) is 24.3 Å². The number of benzene rings is 1. The van der Waals surface area contributed by atoms with Gasteiger partial charge < -0.3 is 0 Å². The molecule has 0 saturated heterocycles. The average molecular weight is 471 g/mol. The first kappa shape index (κ1) is 20.2. The summed E-state index contributed by atoms with van der Waals surface area (Å²) in [4.78, 5) is 11.7. The largest absolute Gasteiger partial charge is 0.250 e. The van der Waals surface area contributed by atoms with Gasteiger partial charge in [0.2, 0.25) is 17.6 Å². The Morgan fingerprint density at radius 1 is 0.792 bits per heavy atom. The van der Waals surface area contributed by atoms with Gasteiger partial charge in [-0.3, -0.25) is 0 Å². The maximum absolute atomic E-state index is 11.3. The van der Waals surface area contributed by atoms with Crippen LogP contribution in [-0.2, 0) is 17.6 Å². The standard InChI is InChI=1S/C11H6Cl6N4O2S/c12-10(13,14)8-19-7(20-9(21-8)11(15,16)17)5-1-3-6(4-2-5)24(18,22)23/h1-4H,(H2,18,22,23). The molecular weight excluding hydrogens is 465 g/mol. The number of nitrogens with zero attached hydrogens (tertiary/aromatic N) is 3. The van der Waals surface area contributed by atoms with Gasteiger partial charge in [-0.1, -0.05) is 69.6 Å². The van der Waals surface area contributed by atoms with Crippen LogP contribution in [0.5, 0.6) is 0 Å². The molecule has 0 amide bonds. The van der Waals surface area contributed by atoms with Gasteiger partial charge in [-0.2, -0.15) is 0 Å². The zero-order valence-electron chi connectivity index (χ0n) is 11.2. The van der Waals surface area contributed by atoms with E-state index in [1.807, 2.05) is 0 Å². The Kier molecular flexibility index (Phi) is 5.80. The van der Waals surface area contributed by atoms with Crippen molar-refractivity contribution in [3.63, 3.8) is 0 Å². The minimum Gasteiger partial charge on any atom is -0.225 e. The normalized spacial score (nSPS) is 13.1.